The SMILES string of the molecule is CCC(N)Cc1cccnc1Oc1ccc(C)cc1Br. The summed E-state index contributed by atoms with van der Waals surface area (Å²) < 4.78 is 6.85. The number of rotatable bonds is 5. The molecule has 0 fully saturated rings. The van der Waals surface area contributed by atoms with Gasteiger partial charge in [0.1, 0.15) is 5.75 Å². The molecule has 3 nitrogen and oxygen atoms in total. The van der Waals surface area contributed by atoms with Gasteiger partial charge >= 0.3 is 0 Å². The van der Waals surface area contributed by atoms with Gasteiger partial charge in [0.25, 0.3) is 0 Å². The van der Waals surface area contributed by atoms with Crippen molar-refractivity contribution in [2.24, 2.45) is 5.73 Å². The van der Waals surface area contributed by atoms with Crippen molar-refractivity contribution in [2.75, 3.05) is 0 Å². The van der Waals surface area contributed by atoms with E-state index in [0.717, 1.165) is 28.6 Å². The Bertz CT molecular complexity index is 586. The van der Waals surface area contributed by atoms with E-state index in [1.807, 2.05) is 37.3 Å². The number of hydrogen-bond donors (Lipinski definition) is 1. The Morgan fingerprint density at radius 3 is 2.85 bits per heavy atom. The van der Waals surface area contributed by atoms with Crippen LogP contribution in [0.3, 0.4) is 0 Å². The fourth-order valence-electron chi connectivity index (χ4n) is 1.89. The summed E-state index contributed by atoms with van der Waals surface area (Å²) in [6, 6.07) is 10.0. The monoisotopic (exact) mass is 334 g/mol. The van der Waals surface area contributed by atoms with Crippen molar-refractivity contribution in [1.29, 1.82) is 0 Å². The van der Waals surface area contributed by atoms with E-state index in [9.17, 15) is 0 Å². The van der Waals surface area contributed by atoms with Gasteiger partial charge in [-0.15, -0.1) is 0 Å². The Balaban J connectivity index is 2.24. The van der Waals surface area contributed by atoms with Gasteiger partial charge < -0.3 is 10.5 Å². The molecular weight excluding hydrogens is 316 g/mol. The van der Waals surface area contributed by atoms with Crippen LogP contribution in [0.5, 0.6) is 11.6 Å². The van der Waals surface area contributed by atoms with Crippen LogP contribution in [-0.2, 0) is 6.42 Å². The highest BCUT2D eigenvalue weighted by molar-refractivity contribution is 9.10. The van der Waals surface area contributed by atoms with Crippen molar-refractivity contribution < 1.29 is 4.74 Å². The maximum Gasteiger partial charge on any atom is 0.222 e. The number of halogens is 1. The van der Waals surface area contributed by atoms with E-state index in [2.05, 4.69) is 27.8 Å². The number of aromatic nitrogens is 1. The fourth-order valence-corrected chi connectivity index (χ4v) is 2.47. The summed E-state index contributed by atoms with van der Waals surface area (Å²) in [6.45, 7) is 4.12. The molecule has 0 bridgehead atoms. The first-order valence-corrected chi connectivity index (χ1v) is 7.53. The fraction of sp³-hybridized carbons (Fsp3) is 0.312. The van der Waals surface area contributed by atoms with E-state index in [4.69, 9.17) is 10.5 Å². The second-order valence-corrected chi connectivity index (χ2v) is 5.73. The predicted octanol–water partition coefficient (Wildman–Crippen LogP) is 4.22. The highest BCUT2D eigenvalue weighted by Crippen LogP contribution is 2.31. The Kier molecular flexibility index (Phi) is 5.15. The van der Waals surface area contributed by atoms with E-state index in [1.165, 1.54) is 5.56 Å². The maximum atomic E-state index is 6.02. The zero-order chi connectivity index (χ0) is 14.5. The Labute approximate surface area is 128 Å². The van der Waals surface area contributed by atoms with E-state index >= 15 is 0 Å². The molecule has 0 radical (unpaired) electrons. The van der Waals surface area contributed by atoms with Crippen LogP contribution in [0.1, 0.15) is 24.5 Å². The lowest BCUT2D eigenvalue weighted by Gasteiger charge is -2.14. The third-order valence-corrected chi connectivity index (χ3v) is 3.77. The van der Waals surface area contributed by atoms with Gasteiger partial charge in [-0.05, 0) is 59.5 Å². The molecule has 1 aromatic carbocycles. The Morgan fingerprint density at radius 2 is 2.15 bits per heavy atom. The minimum atomic E-state index is 0.128. The lowest BCUT2D eigenvalue weighted by molar-refractivity contribution is 0.449. The van der Waals surface area contributed by atoms with E-state index in [-0.39, 0.29) is 6.04 Å². The summed E-state index contributed by atoms with van der Waals surface area (Å²) in [5.41, 5.74) is 8.24. The first-order chi connectivity index (χ1) is 9.60. The number of benzene rings is 1. The predicted molar refractivity (Wildman–Crippen MR) is 85.2 cm³/mol. The molecule has 2 aromatic rings. The smallest absolute Gasteiger partial charge is 0.222 e. The van der Waals surface area contributed by atoms with Gasteiger partial charge in [0.2, 0.25) is 5.88 Å². The van der Waals surface area contributed by atoms with E-state index < -0.39 is 0 Å². The van der Waals surface area contributed by atoms with Gasteiger partial charge in [0.05, 0.1) is 4.47 Å². The quantitative estimate of drug-likeness (QED) is 0.890. The second kappa shape index (κ2) is 6.86. The number of nitrogens with two attached hydrogens (primary N) is 1. The molecule has 1 unspecified atom stereocenters. The zero-order valence-corrected chi connectivity index (χ0v) is 13.4. The van der Waals surface area contributed by atoms with Crippen molar-refractivity contribution in [3.05, 3.63) is 52.1 Å². The highest BCUT2D eigenvalue weighted by atomic mass is 79.9. The normalized spacial score (nSPS) is 12.2. The second-order valence-electron chi connectivity index (χ2n) is 4.88. The lowest BCUT2D eigenvalue weighted by Crippen LogP contribution is -2.21. The molecule has 0 saturated carbocycles. The summed E-state index contributed by atoms with van der Waals surface area (Å²) in [4.78, 5) is 4.33. The molecule has 1 heterocycles. The number of nitrogens with zero attached hydrogens (tertiary/aromatic N) is 1. The molecule has 0 spiro atoms. The number of pyridine rings is 1. The standard InChI is InChI=1S/C16H19BrN2O/c1-3-13(18)10-12-5-4-8-19-16(12)20-15-7-6-11(2)9-14(15)17/h4-9,13H,3,10,18H2,1-2H3. The molecule has 0 aliphatic carbocycles. The van der Waals surface area contributed by atoms with Crippen LogP contribution >= 0.6 is 15.9 Å². The van der Waals surface area contributed by atoms with Crippen molar-refractivity contribution in [2.45, 2.75) is 32.7 Å². The molecule has 1 aromatic heterocycles. The summed E-state index contributed by atoms with van der Waals surface area (Å²) in [5, 5.41) is 0. The summed E-state index contributed by atoms with van der Waals surface area (Å²) in [5.74, 6) is 1.39. The summed E-state index contributed by atoms with van der Waals surface area (Å²) in [7, 11) is 0. The van der Waals surface area contributed by atoms with E-state index in [1.54, 1.807) is 6.20 Å². The molecule has 20 heavy (non-hydrogen) atoms. The third kappa shape index (κ3) is 3.81. The van der Waals surface area contributed by atoms with Crippen molar-refractivity contribution in [1.82, 2.24) is 4.98 Å². The molecule has 0 aliphatic rings. The van der Waals surface area contributed by atoms with Gasteiger partial charge in [0.15, 0.2) is 0 Å². The van der Waals surface area contributed by atoms with Gasteiger partial charge in [-0.3, -0.25) is 0 Å². The van der Waals surface area contributed by atoms with Gasteiger partial charge in [0, 0.05) is 17.8 Å². The third-order valence-electron chi connectivity index (χ3n) is 3.15. The molecule has 2 N–H and O–H groups in total. The summed E-state index contributed by atoms with van der Waals surface area (Å²) in [6.07, 6.45) is 3.43. The van der Waals surface area contributed by atoms with Crippen LogP contribution in [0.25, 0.3) is 0 Å². The van der Waals surface area contributed by atoms with Crippen LogP contribution in [0, 0.1) is 6.92 Å². The van der Waals surface area contributed by atoms with Crippen molar-refractivity contribution in [3.63, 3.8) is 0 Å². The van der Waals surface area contributed by atoms with Gasteiger partial charge in [-0.1, -0.05) is 19.1 Å². The largest absolute Gasteiger partial charge is 0.438 e. The van der Waals surface area contributed by atoms with Crippen LogP contribution in [-0.4, -0.2) is 11.0 Å². The molecule has 106 valence electrons. The van der Waals surface area contributed by atoms with E-state index in [0.29, 0.717) is 5.88 Å². The number of ether oxygens (including phenoxy) is 1. The van der Waals surface area contributed by atoms with Crippen LogP contribution < -0.4 is 10.5 Å². The first kappa shape index (κ1) is 15.0. The first-order valence-electron chi connectivity index (χ1n) is 6.73. The van der Waals surface area contributed by atoms with Gasteiger partial charge in [-0.2, -0.15) is 0 Å². The molecule has 1 atom stereocenters. The number of aryl methyl sites for hydroxylation is 1. The lowest BCUT2D eigenvalue weighted by atomic mass is 10.1. The maximum absolute atomic E-state index is 6.02. The average Bonchev–Trinajstić information content (AvgIpc) is 2.43. The summed E-state index contributed by atoms with van der Waals surface area (Å²) >= 11 is 3.52. The molecule has 0 amide bonds. The van der Waals surface area contributed by atoms with Crippen LogP contribution in [0.4, 0.5) is 0 Å². The molecule has 4 heteroatoms. The minimum Gasteiger partial charge on any atom is -0.438 e. The van der Waals surface area contributed by atoms with Gasteiger partial charge in [-0.25, -0.2) is 4.98 Å². The minimum absolute atomic E-state index is 0.128. The molecule has 0 saturated heterocycles. The molecular formula is C16H19BrN2O. The Hall–Kier alpha value is -1.39. The van der Waals surface area contributed by atoms with Crippen molar-refractivity contribution >= 4 is 15.9 Å². The number of hydrogen-bond acceptors (Lipinski definition) is 3. The Morgan fingerprint density at radius 1 is 1.35 bits per heavy atom. The van der Waals surface area contributed by atoms with Crippen molar-refractivity contribution in [3.8, 4) is 11.6 Å². The van der Waals surface area contributed by atoms with Crippen LogP contribution in [0.2, 0.25) is 0 Å². The van der Waals surface area contributed by atoms with Crippen LogP contribution in [0.15, 0.2) is 41.0 Å². The average molecular weight is 335 g/mol. The molecule has 0 aliphatic heterocycles. The zero-order valence-electron chi connectivity index (χ0n) is 11.8. The molecule has 2 rings (SSSR count). The highest BCUT2D eigenvalue weighted by Gasteiger charge is 2.11. The topological polar surface area (TPSA) is 48.1 Å².